The average Bonchev–Trinajstić information content (AvgIpc) is 3.05. The second-order valence-corrected chi connectivity index (χ2v) is 6.60. The predicted molar refractivity (Wildman–Crippen MR) is 98.7 cm³/mol. The summed E-state index contributed by atoms with van der Waals surface area (Å²) in [6.45, 7) is 6.21. The van der Waals surface area contributed by atoms with Crippen molar-refractivity contribution in [1.82, 2.24) is 15.2 Å². The van der Waals surface area contributed by atoms with Gasteiger partial charge in [-0.1, -0.05) is 6.92 Å². The summed E-state index contributed by atoms with van der Waals surface area (Å²) in [4.78, 5) is 23.7. The number of thiazole rings is 1. The highest BCUT2D eigenvalue weighted by Gasteiger charge is 2.36. The van der Waals surface area contributed by atoms with Crippen LogP contribution in [-0.2, 0) is 16.1 Å². The van der Waals surface area contributed by atoms with E-state index in [4.69, 9.17) is 4.74 Å². The number of carbonyl (C=O) groups excluding carboxylic acids is 1. The summed E-state index contributed by atoms with van der Waals surface area (Å²) in [5.41, 5.74) is 0. The highest BCUT2D eigenvalue weighted by Crippen LogP contribution is 2.24. The summed E-state index contributed by atoms with van der Waals surface area (Å²) in [5.74, 6) is 0.839. The van der Waals surface area contributed by atoms with Crippen molar-refractivity contribution in [1.29, 1.82) is 0 Å². The molecule has 0 aliphatic carbocycles. The number of ether oxygens (including phenoxy) is 1. The number of rotatable bonds is 3. The largest absolute Gasteiger partial charge is 0.469 e. The Hall–Kier alpha value is -0.900. The third-order valence-electron chi connectivity index (χ3n) is 3.69. The van der Waals surface area contributed by atoms with Gasteiger partial charge < -0.3 is 15.0 Å². The molecule has 0 bridgehead atoms. The van der Waals surface area contributed by atoms with Crippen LogP contribution in [0, 0.1) is 18.8 Å². The van der Waals surface area contributed by atoms with Crippen molar-refractivity contribution >= 4 is 47.2 Å². The summed E-state index contributed by atoms with van der Waals surface area (Å²) in [6.07, 6.45) is 1.87. The quantitative estimate of drug-likeness (QED) is 0.338. The van der Waals surface area contributed by atoms with E-state index < -0.39 is 0 Å². The number of likely N-dealkylation sites (tertiary alicyclic amines) is 1. The van der Waals surface area contributed by atoms with E-state index in [1.54, 1.807) is 18.4 Å². The summed E-state index contributed by atoms with van der Waals surface area (Å²) >= 11 is 1.67. The van der Waals surface area contributed by atoms with E-state index in [2.05, 4.69) is 27.1 Å². The van der Waals surface area contributed by atoms with Crippen LogP contribution >= 0.6 is 35.3 Å². The lowest BCUT2D eigenvalue weighted by Crippen LogP contribution is -2.40. The number of halogens is 1. The number of hydrogen-bond donors (Lipinski definition) is 1. The zero-order chi connectivity index (χ0) is 15.4. The third-order valence-corrected chi connectivity index (χ3v) is 4.61. The van der Waals surface area contributed by atoms with Gasteiger partial charge in [-0.05, 0) is 12.8 Å². The molecule has 1 saturated heterocycles. The minimum Gasteiger partial charge on any atom is -0.469 e. The minimum absolute atomic E-state index is 0. The molecule has 124 valence electrons. The molecule has 1 N–H and O–H groups in total. The van der Waals surface area contributed by atoms with E-state index in [0.29, 0.717) is 13.1 Å². The van der Waals surface area contributed by atoms with Crippen LogP contribution in [0.3, 0.4) is 0 Å². The molecule has 22 heavy (non-hydrogen) atoms. The first kappa shape index (κ1) is 19.1. The molecule has 1 aromatic heterocycles. The summed E-state index contributed by atoms with van der Waals surface area (Å²) in [5, 5.41) is 4.34. The van der Waals surface area contributed by atoms with Crippen molar-refractivity contribution in [2.75, 3.05) is 27.2 Å². The summed E-state index contributed by atoms with van der Waals surface area (Å²) in [7, 11) is 3.20. The smallest absolute Gasteiger partial charge is 0.310 e. The SMILES string of the molecule is CN=C(NCc1ncc(C)s1)N1CC(C)C(C(=O)OC)C1.I. The molecule has 1 fully saturated rings. The minimum atomic E-state index is -0.143. The maximum atomic E-state index is 11.7. The fourth-order valence-corrected chi connectivity index (χ4v) is 3.29. The highest BCUT2D eigenvalue weighted by atomic mass is 127. The van der Waals surface area contributed by atoms with Crippen LogP contribution in [0.5, 0.6) is 0 Å². The predicted octanol–water partition coefficient (Wildman–Crippen LogP) is 1.89. The van der Waals surface area contributed by atoms with Gasteiger partial charge in [-0.3, -0.25) is 9.79 Å². The molecule has 0 spiro atoms. The number of esters is 1. The number of guanidine groups is 1. The second-order valence-electron chi connectivity index (χ2n) is 5.28. The van der Waals surface area contributed by atoms with E-state index in [0.717, 1.165) is 17.5 Å². The molecule has 1 aliphatic heterocycles. The van der Waals surface area contributed by atoms with Crippen LogP contribution in [0.15, 0.2) is 11.2 Å². The Morgan fingerprint density at radius 3 is 2.86 bits per heavy atom. The van der Waals surface area contributed by atoms with Crippen molar-refractivity contribution in [2.45, 2.75) is 20.4 Å². The van der Waals surface area contributed by atoms with Crippen molar-refractivity contribution in [3.05, 3.63) is 16.1 Å². The zero-order valence-corrected chi connectivity index (χ0v) is 16.5. The lowest BCUT2D eigenvalue weighted by Gasteiger charge is -2.21. The van der Waals surface area contributed by atoms with Gasteiger partial charge in [0, 0.05) is 31.2 Å². The first-order chi connectivity index (χ1) is 10.0. The third kappa shape index (κ3) is 4.55. The maximum Gasteiger partial charge on any atom is 0.310 e. The molecule has 8 heteroatoms. The van der Waals surface area contributed by atoms with E-state index in [1.807, 2.05) is 13.1 Å². The van der Waals surface area contributed by atoms with Crippen LogP contribution in [0.1, 0.15) is 16.8 Å². The van der Waals surface area contributed by atoms with Gasteiger partial charge in [-0.25, -0.2) is 4.98 Å². The van der Waals surface area contributed by atoms with E-state index in [1.165, 1.54) is 12.0 Å². The van der Waals surface area contributed by atoms with Crippen LogP contribution in [0.25, 0.3) is 0 Å². The number of aryl methyl sites for hydroxylation is 1. The normalized spacial score (nSPS) is 21.5. The number of carbonyl (C=O) groups is 1. The molecule has 0 aromatic carbocycles. The molecule has 2 atom stereocenters. The van der Waals surface area contributed by atoms with Gasteiger partial charge in [0.05, 0.1) is 19.6 Å². The number of methoxy groups -OCH3 is 1. The lowest BCUT2D eigenvalue weighted by molar-refractivity contribution is -0.145. The van der Waals surface area contributed by atoms with Crippen molar-refractivity contribution in [3.8, 4) is 0 Å². The Bertz CT molecular complexity index is 535. The first-order valence-electron chi connectivity index (χ1n) is 7.00. The van der Waals surface area contributed by atoms with E-state index >= 15 is 0 Å². The number of aliphatic imine (C=N–C) groups is 1. The molecule has 0 radical (unpaired) electrons. The molecular formula is C14H23IN4O2S. The topological polar surface area (TPSA) is 66.8 Å². The van der Waals surface area contributed by atoms with E-state index in [-0.39, 0.29) is 41.8 Å². The fraction of sp³-hybridized carbons (Fsp3) is 0.643. The van der Waals surface area contributed by atoms with Crippen LogP contribution < -0.4 is 5.32 Å². The van der Waals surface area contributed by atoms with Gasteiger partial charge in [0.15, 0.2) is 5.96 Å². The number of hydrogen-bond acceptors (Lipinski definition) is 5. The first-order valence-corrected chi connectivity index (χ1v) is 7.81. The summed E-state index contributed by atoms with van der Waals surface area (Å²) < 4.78 is 4.86. The standard InChI is InChI=1S/C14H22N4O2S.HI/c1-9-7-18(8-11(9)13(19)20-4)14(15-3)17-6-12-16-5-10(2)21-12;/h5,9,11H,6-8H2,1-4H3,(H,15,17);1H. The molecular weight excluding hydrogens is 415 g/mol. The Kier molecular flexibility index (Phi) is 7.54. The van der Waals surface area contributed by atoms with Crippen LogP contribution in [-0.4, -0.2) is 49.1 Å². The monoisotopic (exact) mass is 438 g/mol. The highest BCUT2D eigenvalue weighted by molar-refractivity contribution is 14.0. The maximum absolute atomic E-state index is 11.7. The molecule has 2 unspecified atom stereocenters. The number of nitrogens with one attached hydrogen (secondary N) is 1. The Balaban J connectivity index is 0.00000242. The van der Waals surface area contributed by atoms with Gasteiger partial charge >= 0.3 is 5.97 Å². The second kappa shape index (κ2) is 8.66. The molecule has 0 amide bonds. The lowest BCUT2D eigenvalue weighted by atomic mass is 9.99. The zero-order valence-electron chi connectivity index (χ0n) is 13.3. The van der Waals surface area contributed by atoms with Gasteiger partial charge in [0.25, 0.3) is 0 Å². The molecule has 2 heterocycles. The molecule has 6 nitrogen and oxygen atoms in total. The van der Waals surface area contributed by atoms with Gasteiger partial charge in [-0.2, -0.15) is 0 Å². The molecule has 1 aromatic rings. The Morgan fingerprint density at radius 2 is 2.32 bits per heavy atom. The van der Waals surface area contributed by atoms with Gasteiger partial charge in [-0.15, -0.1) is 35.3 Å². The van der Waals surface area contributed by atoms with Crippen LogP contribution in [0.4, 0.5) is 0 Å². The summed E-state index contributed by atoms with van der Waals surface area (Å²) in [6, 6.07) is 0. The fourth-order valence-electron chi connectivity index (χ4n) is 2.57. The molecule has 2 rings (SSSR count). The van der Waals surface area contributed by atoms with Crippen LogP contribution in [0.2, 0.25) is 0 Å². The Labute approximate surface area is 152 Å². The molecule has 0 saturated carbocycles. The van der Waals surface area contributed by atoms with E-state index in [9.17, 15) is 4.79 Å². The average molecular weight is 438 g/mol. The van der Waals surface area contributed by atoms with Gasteiger partial charge in [0.1, 0.15) is 5.01 Å². The number of aromatic nitrogens is 1. The molecule has 1 aliphatic rings. The number of nitrogens with zero attached hydrogens (tertiary/aromatic N) is 3. The van der Waals surface area contributed by atoms with Crippen molar-refractivity contribution in [3.63, 3.8) is 0 Å². The Morgan fingerprint density at radius 1 is 1.59 bits per heavy atom. The van der Waals surface area contributed by atoms with Gasteiger partial charge in [0.2, 0.25) is 0 Å². The van der Waals surface area contributed by atoms with Crippen molar-refractivity contribution in [2.24, 2.45) is 16.8 Å². The van der Waals surface area contributed by atoms with Crippen molar-refractivity contribution < 1.29 is 9.53 Å².